The standard InChI is InChI=1S/C15H19N3O2/c1-3-4-9-16-13(19)10-14-17-18-15(20-14)12-7-5-11(2)6-8-12/h5-8H,3-4,9-10H2,1-2H3,(H,16,19). The van der Waals surface area contributed by atoms with Crippen LogP contribution in [-0.4, -0.2) is 22.6 Å². The Labute approximate surface area is 118 Å². The molecule has 1 aromatic heterocycles. The number of rotatable bonds is 6. The molecule has 1 heterocycles. The van der Waals surface area contributed by atoms with Crippen LogP contribution in [0.1, 0.15) is 31.2 Å². The molecule has 0 unspecified atom stereocenters. The summed E-state index contributed by atoms with van der Waals surface area (Å²) >= 11 is 0. The van der Waals surface area contributed by atoms with Crippen molar-refractivity contribution in [1.29, 1.82) is 0 Å². The number of hydrogen-bond donors (Lipinski definition) is 1. The average molecular weight is 273 g/mol. The molecule has 5 nitrogen and oxygen atoms in total. The molecule has 106 valence electrons. The van der Waals surface area contributed by atoms with Gasteiger partial charge in [-0.1, -0.05) is 31.0 Å². The SMILES string of the molecule is CCCCNC(=O)Cc1nnc(-c2ccc(C)cc2)o1. The third-order valence-corrected chi connectivity index (χ3v) is 2.93. The monoisotopic (exact) mass is 273 g/mol. The molecule has 0 radical (unpaired) electrons. The zero-order valence-corrected chi connectivity index (χ0v) is 11.8. The highest BCUT2D eigenvalue weighted by Crippen LogP contribution is 2.18. The van der Waals surface area contributed by atoms with Crippen LogP contribution in [0.3, 0.4) is 0 Å². The van der Waals surface area contributed by atoms with Gasteiger partial charge in [0.05, 0.1) is 0 Å². The van der Waals surface area contributed by atoms with Gasteiger partial charge in [0.15, 0.2) is 0 Å². The maximum Gasteiger partial charge on any atom is 0.247 e. The number of benzene rings is 1. The van der Waals surface area contributed by atoms with Crippen LogP contribution in [0.2, 0.25) is 0 Å². The fourth-order valence-electron chi connectivity index (χ4n) is 1.74. The van der Waals surface area contributed by atoms with Crippen LogP contribution in [0, 0.1) is 6.92 Å². The zero-order chi connectivity index (χ0) is 14.4. The number of carbonyl (C=O) groups is 1. The molecule has 0 saturated heterocycles. The van der Waals surface area contributed by atoms with Crippen molar-refractivity contribution in [3.05, 3.63) is 35.7 Å². The van der Waals surface area contributed by atoms with Crippen LogP contribution in [-0.2, 0) is 11.2 Å². The average Bonchev–Trinajstić information content (AvgIpc) is 2.88. The maximum absolute atomic E-state index is 11.6. The number of aryl methyl sites for hydroxylation is 1. The predicted octanol–water partition coefficient (Wildman–Crippen LogP) is 2.50. The van der Waals surface area contributed by atoms with Crippen molar-refractivity contribution in [2.24, 2.45) is 0 Å². The highest BCUT2D eigenvalue weighted by molar-refractivity contribution is 5.77. The van der Waals surface area contributed by atoms with Crippen LogP contribution in [0.15, 0.2) is 28.7 Å². The lowest BCUT2D eigenvalue weighted by Gasteiger charge is -2.01. The summed E-state index contributed by atoms with van der Waals surface area (Å²) < 4.78 is 5.50. The molecule has 2 rings (SSSR count). The first-order valence-electron chi connectivity index (χ1n) is 6.85. The molecule has 0 atom stereocenters. The molecule has 0 saturated carbocycles. The summed E-state index contributed by atoms with van der Waals surface area (Å²) in [5, 5.41) is 10.7. The molecule has 2 aromatic rings. The van der Waals surface area contributed by atoms with Gasteiger partial charge >= 0.3 is 0 Å². The lowest BCUT2D eigenvalue weighted by molar-refractivity contribution is -0.120. The van der Waals surface area contributed by atoms with E-state index < -0.39 is 0 Å². The van der Waals surface area contributed by atoms with E-state index in [0.29, 0.717) is 18.3 Å². The minimum absolute atomic E-state index is 0.0856. The smallest absolute Gasteiger partial charge is 0.247 e. The second kappa shape index (κ2) is 6.84. The van der Waals surface area contributed by atoms with Crippen molar-refractivity contribution in [1.82, 2.24) is 15.5 Å². The van der Waals surface area contributed by atoms with Gasteiger partial charge in [-0.2, -0.15) is 0 Å². The topological polar surface area (TPSA) is 68.0 Å². The molecule has 20 heavy (non-hydrogen) atoms. The van der Waals surface area contributed by atoms with E-state index in [1.165, 1.54) is 5.56 Å². The van der Waals surface area contributed by atoms with Gasteiger partial charge in [0.25, 0.3) is 0 Å². The molecule has 0 fully saturated rings. The van der Waals surface area contributed by atoms with Gasteiger partial charge in [0.1, 0.15) is 6.42 Å². The Balaban J connectivity index is 1.95. The first-order valence-corrected chi connectivity index (χ1v) is 6.85. The van der Waals surface area contributed by atoms with Crippen LogP contribution in [0.5, 0.6) is 0 Å². The number of nitrogens with one attached hydrogen (secondary N) is 1. The van der Waals surface area contributed by atoms with Crippen molar-refractivity contribution in [3.63, 3.8) is 0 Å². The highest BCUT2D eigenvalue weighted by Gasteiger charge is 2.11. The summed E-state index contributed by atoms with van der Waals surface area (Å²) in [5.41, 5.74) is 2.03. The molecule has 0 spiro atoms. The summed E-state index contributed by atoms with van der Waals surface area (Å²) in [7, 11) is 0. The number of carbonyl (C=O) groups excluding carboxylic acids is 1. The van der Waals surface area contributed by atoms with E-state index in [2.05, 4.69) is 22.4 Å². The molecular weight excluding hydrogens is 254 g/mol. The van der Waals surface area contributed by atoms with E-state index in [0.717, 1.165) is 18.4 Å². The Morgan fingerprint density at radius 1 is 1.25 bits per heavy atom. The van der Waals surface area contributed by atoms with E-state index in [4.69, 9.17) is 4.42 Å². The number of amides is 1. The summed E-state index contributed by atoms with van der Waals surface area (Å²) in [6.07, 6.45) is 2.16. The van der Waals surface area contributed by atoms with Crippen molar-refractivity contribution >= 4 is 5.91 Å². The first-order chi connectivity index (χ1) is 9.69. The fraction of sp³-hybridized carbons (Fsp3) is 0.400. The summed E-state index contributed by atoms with van der Waals surface area (Å²) in [5.74, 6) is 0.702. The van der Waals surface area contributed by atoms with E-state index in [1.54, 1.807) is 0 Å². The number of nitrogens with zero attached hydrogens (tertiary/aromatic N) is 2. The van der Waals surface area contributed by atoms with Gasteiger partial charge in [0, 0.05) is 12.1 Å². The molecule has 1 aromatic carbocycles. The fourth-order valence-corrected chi connectivity index (χ4v) is 1.74. The molecule has 0 aliphatic carbocycles. The largest absolute Gasteiger partial charge is 0.420 e. The molecule has 1 N–H and O–H groups in total. The third-order valence-electron chi connectivity index (χ3n) is 2.93. The molecule has 0 aliphatic rings. The normalized spacial score (nSPS) is 10.5. The van der Waals surface area contributed by atoms with Gasteiger partial charge in [-0.05, 0) is 25.5 Å². The van der Waals surface area contributed by atoms with E-state index in [9.17, 15) is 4.79 Å². The Hall–Kier alpha value is -2.17. The van der Waals surface area contributed by atoms with E-state index >= 15 is 0 Å². The van der Waals surface area contributed by atoms with E-state index in [-0.39, 0.29) is 12.3 Å². The van der Waals surface area contributed by atoms with Gasteiger partial charge in [-0.25, -0.2) is 0 Å². The number of hydrogen-bond acceptors (Lipinski definition) is 4. The Morgan fingerprint density at radius 3 is 2.70 bits per heavy atom. The Bertz CT molecular complexity index is 561. The molecule has 5 heteroatoms. The third kappa shape index (κ3) is 3.91. The Morgan fingerprint density at radius 2 is 2.00 bits per heavy atom. The quantitative estimate of drug-likeness (QED) is 0.821. The Kier molecular flexibility index (Phi) is 4.87. The number of unbranched alkanes of at least 4 members (excludes halogenated alkanes) is 1. The van der Waals surface area contributed by atoms with Gasteiger partial charge in [-0.15, -0.1) is 10.2 Å². The predicted molar refractivity (Wildman–Crippen MR) is 76.1 cm³/mol. The van der Waals surface area contributed by atoms with Gasteiger partial charge < -0.3 is 9.73 Å². The molecule has 1 amide bonds. The van der Waals surface area contributed by atoms with Crippen LogP contribution in [0.25, 0.3) is 11.5 Å². The van der Waals surface area contributed by atoms with Crippen molar-refractivity contribution < 1.29 is 9.21 Å². The minimum atomic E-state index is -0.0856. The van der Waals surface area contributed by atoms with Crippen LogP contribution < -0.4 is 5.32 Å². The second-order valence-electron chi connectivity index (χ2n) is 4.75. The molecule has 0 bridgehead atoms. The summed E-state index contributed by atoms with van der Waals surface area (Å²) in [4.78, 5) is 11.6. The van der Waals surface area contributed by atoms with Gasteiger partial charge in [0.2, 0.25) is 17.7 Å². The lowest BCUT2D eigenvalue weighted by Crippen LogP contribution is -2.26. The van der Waals surface area contributed by atoms with Crippen LogP contribution >= 0.6 is 0 Å². The molecule has 0 aliphatic heterocycles. The summed E-state index contributed by atoms with van der Waals surface area (Å²) in [6.45, 7) is 4.79. The minimum Gasteiger partial charge on any atom is -0.420 e. The summed E-state index contributed by atoms with van der Waals surface area (Å²) in [6, 6.07) is 7.81. The second-order valence-corrected chi connectivity index (χ2v) is 4.75. The van der Waals surface area contributed by atoms with Gasteiger partial charge in [-0.3, -0.25) is 4.79 Å². The van der Waals surface area contributed by atoms with E-state index in [1.807, 2.05) is 31.2 Å². The van der Waals surface area contributed by atoms with Crippen molar-refractivity contribution in [2.75, 3.05) is 6.54 Å². The molecular formula is C15H19N3O2. The lowest BCUT2D eigenvalue weighted by atomic mass is 10.1. The maximum atomic E-state index is 11.6. The highest BCUT2D eigenvalue weighted by atomic mass is 16.4. The zero-order valence-electron chi connectivity index (χ0n) is 11.8. The van der Waals surface area contributed by atoms with Crippen molar-refractivity contribution in [3.8, 4) is 11.5 Å². The van der Waals surface area contributed by atoms with Crippen LogP contribution in [0.4, 0.5) is 0 Å². The first kappa shape index (κ1) is 14.2. The number of aromatic nitrogens is 2. The van der Waals surface area contributed by atoms with Crippen molar-refractivity contribution in [2.45, 2.75) is 33.1 Å².